The van der Waals surface area contributed by atoms with Crippen LogP contribution in [0.4, 0.5) is 4.79 Å². The van der Waals surface area contributed by atoms with Crippen molar-refractivity contribution in [2.24, 2.45) is 0 Å². The van der Waals surface area contributed by atoms with Crippen LogP contribution in [-0.2, 0) is 4.79 Å². The van der Waals surface area contributed by atoms with Crippen molar-refractivity contribution in [3.05, 3.63) is 59.0 Å². The van der Waals surface area contributed by atoms with E-state index in [2.05, 4.69) is 5.32 Å². The Bertz CT molecular complexity index is 777. The number of urea groups is 1. The summed E-state index contributed by atoms with van der Waals surface area (Å²) < 4.78 is 1.92. The second-order valence-corrected chi connectivity index (χ2v) is 5.66. The number of benzene rings is 1. The first-order valence-corrected chi connectivity index (χ1v) is 7.76. The first-order chi connectivity index (χ1) is 11.1. The van der Waals surface area contributed by atoms with Crippen LogP contribution in [-0.4, -0.2) is 28.0 Å². The molecule has 6 heteroatoms. The van der Waals surface area contributed by atoms with Crippen LogP contribution in [0.15, 0.2) is 48.3 Å². The molecule has 1 saturated heterocycles. The smallest absolute Gasteiger partial charge is 0.317 e. The van der Waals surface area contributed by atoms with Crippen molar-refractivity contribution in [2.45, 2.75) is 13.3 Å². The predicted molar refractivity (Wildman–Crippen MR) is 89.3 cm³/mol. The number of amides is 3. The average Bonchev–Trinajstić information content (AvgIpc) is 3.09. The van der Waals surface area contributed by atoms with Crippen LogP contribution < -0.4 is 5.32 Å². The zero-order valence-electron chi connectivity index (χ0n) is 12.6. The second-order valence-electron chi connectivity index (χ2n) is 5.22. The van der Waals surface area contributed by atoms with E-state index in [1.807, 2.05) is 42.0 Å². The van der Waals surface area contributed by atoms with Gasteiger partial charge in [-0.3, -0.25) is 9.69 Å². The Morgan fingerprint density at radius 1 is 1.17 bits per heavy atom. The molecule has 0 radical (unpaired) electrons. The molecule has 5 nitrogen and oxygen atoms in total. The van der Waals surface area contributed by atoms with Gasteiger partial charge in [0, 0.05) is 29.1 Å². The molecule has 1 aliphatic rings. The second kappa shape index (κ2) is 6.30. The van der Waals surface area contributed by atoms with Crippen LogP contribution in [0.1, 0.15) is 19.0 Å². The van der Waals surface area contributed by atoms with Crippen LogP contribution >= 0.6 is 11.6 Å². The predicted octanol–water partition coefficient (Wildman–Crippen LogP) is 3.43. The van der Waals surface area contributed by atoms with E-state index in [1.165, 1.54) is 4.90 Å². The summed E-state index contributed by atoms with van der Waals surface area (Å²) in [7, 11) is 0. The molecule has 1 fully saturated rings. The molecule has 2 heterocycles. The molecule has 0 saturated carbocycles. The highest BCUT2D eigenvalue weighted by molar-refractivity contribution is 6.30. The van der Waals surface area contributed by atoms with Crippen molar-refractivity contribution < 1.29 is 9.59 Å². The van der Waals surface area contributed by atoms with Gasteiger partial charge in [0.15, 0.2) is 0 Å². The number of hydrogen-bond acceptors (Lipinski definition) is 2. The number of imide groups is 1. The van der Waals surface area contributed by atoms with Crippen molar-refractivity contribution in [2.75, 3.05) is 6.54 Å². The Labute approximate surface area is 139 Å². The van der Waals surface area contributed by atoms with Crippen molar-refractivity contribution in [3.63, 3.8) is 0 Å². The summed E-state index contributed by atoms with van der Waals surface area (Å²) in [6.45, 7) is 2.34. The van der Waals surface area contributed by atoms with Crippen LogP contribution in [0.3, 0.4) is 0 Å². The maximum Gasteiger partial charge on any atom is 0.329 e. The quantitative estimate of drug-likeness (QED) is 0.690. The minimum Gasteiger partial charge on any atom is -0.317 e. The van der Waals surface area contributed by atoms with E-state index in [4.69, 9.17) is 11.6 Å². The molecular formula is C17H16ClN3O2. The Morgan fingerprint density at radius 3 is 2.61 bits per heavy atom. The van der Waals surface area contributed by atoms with Crippen molar-refractivity contribution in [1.29, 1.82) is 0 Å². The standard InChI is InChI=1S/C17H16ClN3O2/c1-2-9-21-16(22)15(19-17(21)23)11-14-4-3-10-20(14)13-7-5-12(18)6-8-13/h3-8,10-11H,2,9H2,1H3,(H,19,23)/b15-11+. The number of nitrogens with zero attached hydrogens (tertiary/aromatic N) is 2. The molecule has 0 atom stereocenters. The van der Waals surface area contributed by atoms with E-state index in [0.717, 1.165) is 17.8 Å². The minimum absolute atomic E-state index is 0.289. The maximum absolute atomic E-state index is 12.3. The van der Waals surface area contributed by atoms with Crippen molar-refractivity contribution >= 4 is 29.6 Å². The van der Waals surface area contributed by atoms with E-state index in [9.17, 15) is 9.59 Å². The number of carbonyl (C=O) groups excluding carboxylic acids is 2. The molecule has 1 N–H and O–H groups in total. The van der Waals surface area contributed by atoms with Gasteiger partial charge in [-0.25, -0.2) is 4.79 Å². The topological polar surface area (TPSA) is 54.3 Å². The Morgan fingerprint density at radius 2 is 1.91 bits per heavy atom. The van der Waals surface area contributed by atoms with Gasteiger partial charge in [0.25, 0.3) is 5.91 Å². The number of hydrogen-bond donors (Lipinski definition) is 1. The molecule has 1 aromatic heterocycles. The first-order valence-electron chi connectivity index (χ1n) is 7.38. The third-order valence-corrected chi connectivity index (χ3v) is 3.84. The molecule has 0 unspecified atom stereocenters. The fraction of sp³-hybridized carbons (Fsp3) is 0.176. The van der Waals surface area contributed by atoms with Gasteiger partial charge in [0.2, 0.25) is 0 Å². The number of carbonyl (C=O) groups is 2. The minimum atomic E-state index is -0.368. The van der Waals surface area contributed by atoms with Gasteiger partial charge in [-0.15, -0.1) is 0 Å². The van der Waals surface area contributed by atoms with Crippen LogP contribution in [0.2, 0.25) is 5.02 Å². The van der Waals surface area contributed by atoms with Crippen LogP contribution in [0.25, 0.3) is 11.8 Å². The summed E-state index contributed by atoms with van der Waals surface area (Å²) in [4.78, 5) is 25.3. The summed E-state index contributed by atoms with van der Waals surface area (Å²) >= 11 is 5.91. The highest BCUT2D eigenvalue weighted by atomic mass is 35.5. The zero-order valence-corrected chi connectivity index (χ0v) is 13.4. The summed E-state index contributed by atoms with van der Waals surface area (Å²) in [5, 5.41) is 3.29. The van der Waals surface area contributed by atoms with E-state index in [1.54, 1.807) is 18.2 Å². The molecule has 3 rings (SSSR count). The molecule has 1 aromatic carbocycles. The number of rotatable bonds is 4. The third kappa shape index (κ3) is 3.00. The van der Waals surface area contributed by atoms with Gasteiger partial charge in [0.1, 0.15) is 5.70 Å². The lowest BCUT2D eigenvalue weighted by atomic mass is 10.2. The number of aromatic nitrogens is 1. The molecular weight excluding hydrogens is 314 g/mol. The fourth-order valence-electron chi connectivity index (χ4n) is 2.49. The van der Waals surface area contributed by atoms with Gasteiger partial charge < -0.3 is 9.88 Å². The molecule has 2 aromatic rings. The van der Waals surface area contributed by atoms with E-state index < -0.39 is 0 Å². The molecule has 3 amide bonds. The molecule has 0 spiro atoms. The first kappa shape index (κ1) is 15.4. The third-order valence-electron chi connectivity index (χ3n) is 3.59. The van der Waals surface area contributed by atoms with Gasteiger partial charge in [-0.05, 0) is 48.9 Å². The lowest BCUT2D eigenvalue weighted by molar-refractivity contribution is -0.122. The lowest BCUT2D eigenvalue weighted by Gasteiger charge is -2.09. The molecule has 118 valence electrons. The van der Waals surface area contributed by atoms with Gasteiger partial charge in [-0.2, -0.15) is 0 Å². The number of halogens is 1. The molecule has 23 heavy (non-hydrogen) atoms. The summed E-state index contributed by atoms with van der Waals surface area (Å²) in [6.07, 6.45) is 4.30. The Kier molecular flexibility index (Phi) is 4.21. The zero-order chi connectivity index (χ0) is 16.4. The summed E-state index contributed by atoms with van der Waals surface area (Å²) in [6, 6.07) is 10.8. The van der Waals surface area contributed by atoms with Gasteiger partial charge >= 0.3 is 6.03 Å². The van der Waals surface area contributed by atoms with Gasteiger partial charge in [0.05, 0.1) is 0 Å². The van der Waals surface area contributed by atoms with Crippen molar-refractivity contribution in [1.82, 2.24) is 14.8 Å². The SMILES string of the molecule is CCCN1C(=O)N/C(=C/c2cccn2-c2ccc(Cl)cc2)C1=O. The molecule has 1 aliphatic heterocycles. The fourth-order valence-corrected chi connectivity index (χ4v) is 2.62. The highest BCUT2D eigenvalue weighted by Gasteiger charge is 2.32. The van der Waals surface area contributed by atoms with E-state index in [-0.39, 0.29) is 17.6 Å². The molecule has 0 bridgehead atoms. The van der Waals surface area contributed by atoms with E-state index in [0.29, 0.717) is 11.6 Å². The number of nitrogens with one attached hydrogen (secondary N) is 1. The summed E-state index contributed by atoms with van der Waals surface area (Å²) in [5.74, 6) is -0.291. The monoisotopic (exact) mass is 329 g/mol. The molecule has 0 aliphatic carbocycles. The van der Waals surface area contributed by atoms with Crippen LogP contribution in [0, 0.1) is 0 Å². The average molecular weight is 330 g/mol. The van der Waals surface area contributed by atoms with Crippen molar-refractivity contribution in [3.8, 4) is 5.69 Å². The summed E-state index contributed by atoms with van der Waals surface area (Å²) in [5.41, 5.74) is 2.01. The van der Waals surface area contributed by atoms with Gasteiger partial charge in [-0.1, -0.05) is 18.5 Å². The Hall–Kier alpha value is -2.53. The normalized spacial score (nSPS) is 16.3. The van der Waals surface area contributed by atoms with E-state index >= 15 is 0 Å². The maximum atomic E-state index is 12.3. The lowest BCUT2D eigenvalue weighted by Crippen LogP contribution is -2.31. The highest BCUT2D eigenvalue weighted by Crippen LogP contribution is 2.19. The Balaban J connectivity index is 1.92. The van der Waals surface area contributed by atoms with Crippen LogP contribution in [0.5, 0.6) is 0 Å². The largest absolute Gasteiger partial charge is 0.329 e.